The van der Waals surface area contributed by atoms with Crippen LogP contribution in [0.4, 0.5) is 0 Å². The van der Waals surface area contributed by atoms with Crippen molar-refractivity contribution in [2.75, 3.05) is 13.7 Å². The Balaban J connectivity index is 2.25. The van der Waals surface area contributed by atoms with Crippen molar-refractivity contribution in [2.45, 2.75) is 52.2 Å². The van der Waals surface area contributed by atoms with Gasteiger partial charge >= 0.3 is 0 Å². The molecule has 0 fully saturated rings. The number of halogens is 2. The number of carbonyl (C=O) groups excluding carboxylic acids is 2. The van der Waals surface area contributed by atoms with E-state index in [1.807, 2.05) is 45.0 Å². The van der Waals surface area contributed by atoms with Gasteiger partial charge < -0.3 is 19.7 Å². The lowest BCUT2D eigenvalue weighted by molar-refractivity contribution is -0.143. The van der Waals surface area contributed by atoms with E-state index in [9.17, 15) is 9.59 Å². The molecule has 0 heterocycles. The third-order valence-electron chi connectivity index (χ3n) is 5.12. The molecule has 1 N–H and O–H groups in total. The van der Waals surface area contributed by atoms with Crippen LogP contribution in [-0.4, -0.2) is 42.5 Å². The summed E-state index contributed by atoms with van der Waals surface area (Å²) in [5.74, 6) is 0.601. The monoisotopic (exact) mass is 524 g/mol. The number of ether oxygens (including phenoxy) is 2. The maximum Gasteiger partial charge on any atom is 0.261 e. The molecule has 32 heavy (non-hydrogen) atoms. The predicted octanol–water partition coefficient (Wildman–Crippen LogP) is 5.21. The molecule has 0 saturated heterocycles. The summed E-state index contributed by atoms with van der Waals surface area (Å²) < 4.78 is 11.8. The molecule has 2 aromatic carbocycles. The van der Waals surface area contributed by atoms with Crippen molar-refractivity contribution in [1.82, 2.24) is 10.2 Å². The van der Waals surface area contributed by atoms with E-state index in [-0.39, 0.29) is 31.0 Å². The van der Waals surface area contributed by atoms with Crippen LogP contribution < -0.4 is 14.8 Å². The number of benzene rings is 2. The average Bonchev–Trinajstić information content (AvgIpc) is 2.78. The molecule has 2 aromatic rings. The third-order valence-corrected chi connectivity index (χ3v) is 5.91. The zero-order valence-electron chi connectivity index (χ0n) is 18.9. The van der Waals surface area contributed by atoms with Crippen LogP contribution in [0.1, 0.15) is 39.2 Å². The lowest BCUT2D eigenvalue weighted by Gasteiger charge is -2.31. The van der Waals surface area contributed by atoms with E-state index in [0.717, 1.165) is 16.5 Å². The van der Waals surface area contributed by atoms with Crippen LogP contribution in [0.25, 0.3) is 0 Å². The van der Waals surface area contributed by atoms with E-state index in [1.165, 1.54) is 0 Å². The van der Waals surface area contributed by atoms with Gasteiger partial charge in [-0.2, -0.15) is 0 Å². The molecule has 0 saturated carbocycles. The molecule has 2 rings (SSSR count). The maximum atomic E-state index is 13.3. The van der Waals surface area contributed by atoms with Crippen LogP contribution in [0.3, 0.4) is 0 Å². The van der Waals surface area contributed by atoms with Crippen LogP contribution in [0.2, 0.25) is 5.02 Å². The van der Waals surface area contributed by atoms with E-state index in [2.05, 4.69) is 21.2 Å². The first-order valence-corrected chi connectivity index (χ1v) is 11.8. The van der Waals surface area contributed by atoms with Gasteiger partial charge in [0, 0.05) is 17.1 Å². The highest BCUT2D eigenvalue weighted by Crippen LogP contribution is 2.28. The van der Waals surface area contributed by atoms with Gasteiger partial charge in [0.1, 0.15) is 17.5 Å². The molecule has 2 amide bonds. The van der Waals surface area contributed by atoms with Crippen LogP contribution >= 0.6 is 27.5 Å². The molecule has 6 nitrogen and oxygen atoms in total. The van der Waals surface area contributed by atoms with E-state index >= 15 is 0 Å². The van der Waals surface area contributed by atoms with Gasteiger partial charge in [0.05, 0.1) is 12.1 Å². The molecular weight excluding hydrogens is 496 g/mol. The first kappa shape index (κ1) is 26.0. The van der Waals surface area contributed by atoms with E-state index in [1.54, 1.807) is 30.2 Å². The minimum atomic E-state index is -0.633. The summed E-state index contributed by atoms with van der Waals surface area (Å²) in [7, 11) is 1.59. The zero-order valence-corrected chi connectivity index (χ0v) is 21.2. The molecule has 0 aromatic heterocycles. The summed E-state index contributed by atoms with van der Waals surface area (Å²) >= 11 is 9.56. The van der Waals surface area contributed by atoms with Gasteiger partial charge in [-0.25, -0.2) is 0 Å². The van der Waals surface area contributed by atoms with E-state index in [0.29, 0.717) is 22.9 Å². The molecule has 0 spiro atoms. The predicted molar refractivity (Wildman–Crippen MR) is 130 cm³/mol. The van der Waals surface area contributed by atoms with Crippen LogP contribution in [0, 0.1) is 0 Å². The van der Waals surface area contributed by atoms with E-state index < -0.39 is 6.04 Å². The number of rotatable bonds is 11. The molecule has 0 radical (unpaired) electrons. The highest BCUT2D eigenvalue weighted by atomic mass is 79.9. The molecule has 0 aliphatic carbocycles. The fourth-order valence-electron chi connectivity index (χ4n) is 3.14. The molecule has 0 unspecified atom stereocenters. The second-order valence-corrected chi connectivity index (χ2v) is 8.80. The minimum absolute atomic E-state index is 0.0168. The lowest BCUT2D eigenvalue weighted by Crippen LogP contribution is -2.51. The standard InChI is InChI=1S/C24H30BrClN2O4/c1-5-16(3)27-24(30)21(6-2)28(14-17-8-7-9-19(12-17)31-4)23(29)15-32-22-11-10-18(25)13-20(22)26/h7-13,16,21H,5-6,14-15H2,1-4H3,(H,27,30)/t16-,21+/m0/s1. The van der Waals surface area contributed by atoms with Gasteiger partial charge in [0.2, 0.25) is 5.91 Å². The normalized spacial score (nSPS) is 12.6. The molecule has 2 atom stereocenters. The van der Waals surface area contributed by atoms with Gasteiger partial charge in [-0.15, -0.1) is 0 Å². The number of methoxy groups -OCH3 is 1. The number of nitrogens with zero attached hydrogens (tertiary/aromatic N) is 1. The van der Waals surface area contributed by atoms with Crippen molar-refractivity contribution in [2.24, 2.45) is 0 Å². The Hall–Kier alpha value is -2.25. The van der Waals surface area contributed by atoms with Gasteiger partial charge in [-0.05, 0) is 55.7 Å². The van der Waals surface area contributed by atoms with E-state index in [4.69, 9.17) is 21.1 Å². The molecule has 0 aliphatic rings. The smallest absolute Gasteiger partial charge is 0.261 e. The first-order valence-electron chi connectivity index (χ1n) is 10.6. The first-order chi connectivity index (χ1) is 15.3. The quantitative estimate of drug-likeness (QED) is 0.437. The van der Waals surface area contributed by atoms with Crippen molar-refractivity contribution in [3.8, 4) is 11.5 Å². The summed E-state index contributed by atoms with van der Waals surface area (Å²) in [6.45, 7) is 5.84. The molecular formula is C24H30BrClN2O4. The SMILES string of the molecule is CC[C@H](C(=O)N[C@@H](C)CC)N(Cc1cccc(OC)c1)C(=O)COc1ccc(Br)cc1Cl. The minimum Gasteiger partial charge on any atom is -0.497 e. The largest absolute Gasteiger partial charge is 0.497 e. The van der Waals surface area contributed by atoms with Crippen LogP contribution in [0.5, 0.6) is 11.5 Å². The molecule has 8 heteroatoms. The molecule has 174 valence electrons. The Kier molecular flexibility index (Phi) is 10.3. The van der Waals surface area contributed by atoms with Gasteiger partial charge in [0.15, 0.2) is 6.61 Å². The lowest BCUT2D eigenvalue weighted by atomic mass is 10.1. The Morgan fingerprint density at radius 2 is 1.91 bits per heavy atom. The van der Waals surface area contributed by atoms with Crippen molar-refractivity contribution in [3.63, 3.8) is 0 Å². The highest BCUT2D eigenvalue weighted by molar-refractivity contribution is 9.10. The van der Waals surface area contributed by atoms with Gasteiger partial charge in [-0.1, -0.05) is 53.5 Å². The Morgan fingerprint density at radius 3 is 2.53 bits per heavy atom. The summed E-state index contributed by atoms with van der Waals surface area (Å²) in [6, 6.07) is 12.0. The van der Waals surface area contributed by atoms with Gasteiger partial charge in [-0.3, -0.25) is 9.59 Å². The number of carbonyl (C=O) groups is 2. The summed E-state index contributed by atoms with van der Waals surface area (Å²) in [4.78, 5) is 27.8. The summed E-state index contributed by atoms with van der Waals surface area (Å²) in [6.07, 6.45) is 1.27. The summed E-state index contributed by atoms with van der Waals surface area (Å²) in [5, 5.41) is 3.39. The van der Waals surface area contributed by atoms with Crippen molar-refractivity contribution in [1.29, 1.82) is 0 Å². The van der Waals surface area contributed by atoms with Gasteiger partial charge in [0.25, 0.3) is 5.91 Å². The number of hydrogen-bond donors (Lipinski definition) is 1. The van der Waals surface area contributed by atoms with Crippen molar-refractivity contribution < 1.29 is 19.1 Å². The highest BCUT2D eigenvalue weighted by Gasteiger charge is 2.29. The molecule has 0 bridgehead atoms. The zero-order chi connectivity index (χ0) is 23.7. The number of amides is 2. The van der Waals surface area contributed by atoms with Crippen molar-refractivity contribution >= 4 is 39.3 Å². The Labute approximate surface area is 203 Å². The third kappa shape index (κ3) is 7.41. The fourth-order valence-corrected chi connectivity index (χ4v) is 3.87. The average molecular weight is 526 g/mol. The fraction of sp³-hybridized carbons (Fsp3) is 0.417. The number of hydrogen-bond acceptors (Lipinski definition) is 4. The summed E-state index contributed by atoms with van der Waals surface area (Å²) in [5.41, 5.74) is 0.856. The second kappa shape index (κ2) is 12.7. The Bertz CT molecular complexity index is 925. The number of nitrogens with one attached hydrogen (secondary N) is 1. The van der Waals surface area contributed by atoms with Crippen LogP contribution in [-0.2, 0) is 16.1 Å². The topological polar surface area (TPSA) is 67.9 Å². The Morgan fingerprint density at radius 1 is 1.16 bits per heavy atom. The maximum absolute atomic E-state index is 13.3. The second-order valence-electron chi connectivity index (χ2n) is 7.48. The van der Waals surface area contributed by atoms with Crippen LogP contribution in [0.15, 0.2) is 46.9 Å². The van der Waals surface area contributed by atoms with Crippen molar-refractivity contribution in [3.05, 3.63) is 57.5 Å². The molecule has 0 aliphatic heterocycles.